The molecule has 2 aliphatic rings. The molecule has 0 unspecified atom stereocenters. The maximum atomic E-state index is 13.2. The Bertz CT molecular complexity index is 1200. The van der Waals surface area contributed by atoms with Crippen molar-refractivity contribution in [3.8, 4) is 0 Å². The van der Waals surface area contributed by atoms with E-state index in [0.29, 0.717) is 46.8 Å². The molecule has 2 aromatic carbocycles. The van der Waals surface area contributed by atoms with E-state index < -0.39 is 0 Å². The van der Waals surface area contributed by atoms with E-state index in [0.717, 1.165) is 18.8 Å². The van der Waals surface area contributed by atoms with Gasteiger partial charge in [0.05, 0.1) is 17.4 Å². The van der Waals surface area contributed by atoms with Crippen LogP contribution in [0.25, 0.3) is 0 Å². The van der Waals surface area contributed by atoms with Crippen molar-refractivity contribution in [2.45, 2.75) is 25.9 Å². The van der Waals surface area contributed by atoms with Crippen LogP contribution in [0.4, 0.5) is 28.8 Å². The lowest BCUT2D eigenvalue weighted by Crippen LogP contribution is -2.54. The predicted molar refractivity (Wildman–Crippen MR) is 138 cm³/mol. The van der Waals surface area contributed by atoms with Crippen molar-refractivity contribution in [3.05, 3.63) is 65.3 Å². The standard InChI is InChI=1S/C25H28ClN7O/c1-16-14-32(17(2)12-27-16)19-10-8-18(9-11-19)29-25-28-13-20-23(30-25)31(3)15-33(24(20)34)22-7-5-4-6-21(22)26/h4-11,13,16-17,27H,12,14-15H2,1-3H3,(H,28,29,30)/t16-,17+/m0/s1. The van der Waals surface area contributed by atoms with E-state index >= 15 is 0 Å². The molecule has 2 aliphatic heterocycles. The zero-order chi connectivity index (χ0) is 23.8. The molecule has 0 saturated carbocycles. The number of hydrogen-bond donors (Lipinski definition) is 2. The minimum absolute atomic E-state index is 0.170. The van der Waals surface area contributed by atoms with Crippen LogP contribution in [0.5, 0.6) is 0 Å². The molecule has 2 N–H and O–H groups in total. The van der Waals surface area contributed by atoms with Gasteiger partial charge in [-0.3, -0.25) is 9.69 Å². The number of piperazine rings is 1. The first-order chi connectivity index (χ1) is 16.4. The van der Waals surface area contributed by atoms with Crippen molar-refractivity contribution in [1.29, 1.82) is 0 Å². The smallest absolute Gasteiger partial charge is 0.265 e. The summed E-state index contributed by atoms with van der Waals surface area (Å²) in [6.45, 7) is 6.74. The van der Waals surface area contributed by atoms with E-state index in [-0.39, 0.29) is 5.91 Å². The third kappa shape index (κ3) is 4.26. The lowest BCUT2D eigenvalue weighted by atomic mass is 10.1. The monoisotopic (exact) mass is 477 g/mol. The second-order valence-electron chi connectivity index (χ2n) is 8.94. The highest BCUT2D eigenvalue weighted by atomic mass is 35.5. The molecule has 3 heterocycles. The fourth-order valence-corrected chi connectivity index (χ4v) is 4.70. The third-order valence-corrected chi connectivity index (χ3v) is 6.64. The molecule has 176 valence electrons. The first-order valence-electron chi connectivity index (χ1n) is 11.4. The van der Waals surface area contributed by atoms with E-state index in [4.69, 9.17) is 11.6 Å². The van der Waals surface area contributed by atoms with Gasteiger partial charge in [0.25, 0.3) is 5.91 Å². The van der Waals surface area contributed by atoms with Crippen LogP contribution < -0.4 is 25.3 Å². The molecule has 9 heteroatoms. The number of para-hydroxylation sites is 1. The van der Waals surface area contributed by atoms with Crippen molar-refractivity contribution >= 4 is 46.3 Å². The zero-order valence-corrected chi connectivity index (χ0v) is 20.3. The summed E-state index contributed by atoms with van der Waals surface area (Å²) in [6.07, 6.45) is 1.57. The maximum Gasteiger partial charge on any atom is 0.265 e. The summed E-state index contributed by atoms with van der Waals surface area (Å²) < 4.78 is 0. The van der Waals surface area contributed by atoms with Gasteiger partial charge < -0.3 is 20.4 Å². The number of hydrogen-bond acceptors (Lipinski definition) is 7. The Morgan fingerprint density at radius 3 is 2.65 bits per heavy atom. The number of amides is 1. The lowest BCUT2D eigenvalue weighted by molar-refractivity contribution is 0.0982. The van der Waals surface area contributed by atoms with E-state index in [9.17, 15) is 4.79 Å². The summed E-state index contributed by atoms with van der Waals surface area (Å²) in [4.78, 5) is 28.2. The number of fused-ring (bicyclic) bond motifs is 1. The number of anilines is 5. The molecule has 1 fully saturated rings. The van der Waals surface area contributed by atoms with Gasteiger partial charge >= 0.3 is 0 Å². The highest BCUT2D eigenvalue weighted by molar-refractivity contribution is 6.34. The van der Waals surface area contributed by atoms with Gasteiger partial charge in [-0.15, -0.1) is 0 Å². The molecule has 0 radical (unpaired) electrons. The van der Waals surface area contributed by atoms with Crippen LogP contribution in [-0.2, 0) is 0 Å². The summed E-state index contributed by atoms with van der Waals surface area (Å²) in [6, 6.07) is 16.5. The molecule has 2 atom stereocenters. The number of nitrogens with one attached hydrogen (secondary N) is 2. The average molecular weight is 478 g/mol. The van der Waals surface area contributed by atoms with Crippen LogP contribution in [0.15, 0.2) is 54.7 Å². The van der Waals surface area contributed by atoms with Gasteiger partial charge in [0, 0.05) is 49.8 Å². The SMILES string of the molecule is C[C@@H]1CN[C@@H](C)CN1c1ccc(Nc2ncc3c(n2)N(C)CN(c2ccccc2Cl)C3=O)cc1. The number of nitrogens with zero attached hydrogens (tertiary/aromatic N) is 5. The second kappa shape index (κ2) is 9.12. The van der Waals surface area contributed by atoms with Crippen molar-refractivity contribution in [3.63, 3.8) is 0 Å². The normalized spacial score (nSPS) is 20.4. The van der Waals surface area contributed by atoms with Gasteiger partial charge in [-0.05, 0) is 50.2 Å². The Hall–Kier alpha value is -3.36. The van der Waals surface area contributed by atoms with Crippen LogP contribution in [0.3, 0.4) is 0 Å². The lowest BCUT2D eigenvalue weighted by Gasteiger charge is -2.39. The summed E-state index contributed by atoms with van der Waals surface area (Å²) in [5.74, 6) is 0.865. The number of benzene rings is 2. The number of carbonyl (C=O) groups excluding carboxylic acids is 1. The number of rotatable bonds is 4. The van der Waals surface area contributed by atoms with Crippen molar-refractivity contribution in [1.82, 2.24) is 15.3 Å². The summed E-state index contributed by atoms with van der Waals surface area (Å²) in [7, 11) is 1.90. The predicted octanol–water partition coefficient (Wildman–Crippen LogP) is 4.11. The van der Waals surface area contributed by atoms with E-state index in [1.54, 1.807) is 17.2 Å². The molecule has 34 heavy (non-hydrogen) atoms. The van der Waals surface area contributed by atoms with E-state index in [1.165, 1.54) is 5.69 Å². The molecule has 1 amide bonds. The van der Waals surface area contributed by atoms with Crippen molar-refractivity contribution in [2.24, 2.45) is 0 Å². The molecule has 1 saturated heterocycles. The minimum Gasteiger partial charge on any atom is -0.366 e. The zero-order valence-electron chi connectivity index (χ0n) is 19.5. The van der Waals surface area contributed by atoms with Crippen LogP contribution >= 0.6 is 11.6 Å². The topological polar surface area (TPSA) is 76.6 Å². The van der Waals surface area contributed by atoms with Gasteiger partial charge in [-0.1, -0.05) is 23.7 Å². The summed E-state index contributed by atoms with van der Waals surface area (Å²) in [5, 5.41) is 7.31. The Morgan fingerprint density at radius 1 is 1.12 bits per heavy atom. The Balaban J connectivity index is 1.34. The van der Waals surface area contributed by atoms with Gasteiger partial charge in [-0.25, -0.2) is 4.98 Å². The molecular weight excluding hydrogens is 450 g/mol. The van der Waals surface area contributed by atoms with Crippen LogP contribution in [0.2, 0.25) is 5.02 Å². The molecule has 8 nitrogen and oxygen atoms in total. The first kappa shape index (κ1) is 22.4. The number of aromatic nitrogens is 2. The largest absolute Gasteiger partial charge is 0.366 e. The second-order valence-corrected chi connectivity index (χ2v) is 9.34. The van der Waals surface area contributed by atoms with Crippen LogP contribution in [0, 0.1) is 0 Å². The summed E-state index contributed by atoms with van der Waals surface area (Å²) >= 11 is 6.33. The number of carbonyl (C=O) groups is 1. The average Bonchev–Trinajstić information content (AvgIpc) is 2.84. The van der Waals surface area contributed by atoms with E-state index in [1.807, 2.05) is 42.3 Å². The fourth-order valence-electron chi connectivity index (χ4n) is 4.47. The quantitative estimate of drug-likeness (QED) is 0.585. The van der Waals surface area contributed by atoms with Crippen molar-refractivity contribution < 1.29 is 4.79 Å². The number of halogens is 1. The van der Waals surface area contributed by atoms with Crippen LogP contribution in [-0.4, -0.2) is 54.8 Å². The van der Waals surface area contributed by atoms with Gasteiger partial charge in [-0.2, -0.15) is 4.98 Å². The molecule has 3 aromatic rings. The first-order valence-corrected chi connectivity index (χ1v) is 11.8. The molecule has 5 rings (SSSR count). The molecule has 0 aliphatic carbocycles. The van der Waals surface area contributed by atoms with E-state index in [2.05, 4.69) is 51.5 Å². The minimum atomic E-state index is -0.170. The van der Waals surface area contributed by atoms with Crippen LogP contribution in [0.1, 0.15) is 24.2 Å². The molecule has 0 spiro atoms. The Kier molecular flexibility index (Phi) is 6.02. The van der Waals surface area contributed by atoms with Gasteiger partial charge in [0.2, 0.25) is 5.95 Å². The molecule has 1 aromatic heterocycles. The highest BCUT2D eigenvalue weighted by Gasteiger charge is 2.31. The molecular formula is C25H28ClN7O. The van der Waals surface area contributed by atoms with Crippen molar-refractivity contribution in [2.75, 3.05) is 46.8 Å². The highest BCUT2D eigenvalue weighted by Crippen LogP contribution is 2.32. The van der Waals surface area contributed by atoms with Gasteiger partial charge in [0.1, 0.15) is 11.4 Å². The Labute approximate surface area is 204 Å². The Morgan fingerprint density at radius 2 is 1.88 bits per heavy atom. The molecule has 0 bridgehead atoms. The third-order valence-electron chi connectivity index (χ3n) is 6.32. The van der Waals surface area contributed by atoms with Gasteiger partial charge in [0.15, 0.2) is 0 Å². The summed E-state index contributed by atoms with van der Waals surface area (Å²) in [5.41, 5.74) is 3.20. The fraction of sp³-hybridized carbons (Fsp3) is 0.320. The maximum absolute atomic E-state index is 13.2.